The number of rotatable bonds is 3. The average Bonchev–Trinajstić information content (AvgIpc) is 3.38. The maximum Gasteiger partial charge on any atom is 0.272 e. The lowest BCUT2D eigenvalue weighted by molar-refractivity contribution is -0.385. The van der Waals surface area contributed by atoms with Gasteiger partial charge in [0.15, 0.2) is 0 Å². The molecule has 0 amide bonds. The fourth-order valence-corrected chi connectivity index (χ4v) is 3.42. The van der Waals surface area contributed by atoms with E-state index in [4.69, 9.17) is 4.74 Å². The number of benzene rings is 2. The lowest BCUT2D eigenvalue weighted by atomic mass is 9.92. The molecule has 2 aromatic rings. The van der Waals surface area contributed by atoms with Crippen LogP contribution in [0, 0.1) is 17.0 Å². The highest BCUT2D eigenvalue weighted by molar-refractivity contribution is 5.73. The van der Waals surface area contributed by atoms with Gasteiger partial charge >= 0.3 is 0 Å². The Balaban J connectivity index is 1.84. The molecule has 0 radical (unpaired) electrons. The number of nitro groups is 1. The van der Waals surface area contributed by atoms with Crippen LogP contribution in [0.2, 0.25) is 0 Å². The van der Waals surface area contributed by atoms with Crippen LogP contribution in [-0.2, 0) is 6.42 Å². The fourth-order valence-electron chi connectivity index (χ4n) is 3.42. The zero-order valence-electron chi connectivity index (χ0n) is 13.2. The molecule has 1 heterocycles. The third kappa shape index (κ3) is 2.58. The van der Waals surface area contributed by atoms with E-state index in [2.05, 4.69) is 12.1 Å². The van der Waals surface area contributed by atoms with Crippen LogP contribution < -0.4 is 4.74 Å². The molecular formula is C19H19NO3. The number of aryl methyl sites for hydroxylation is 2. The summed E-state index contributed by atoms with van der Waals surface area (Å²) in [6, 6.07) is 10.1. The first kappa shape index (κ1) is 14.2. The van der Waals surface area contributed by atoms with Crippen molar-refractivity contribution in [2.24, 2.45) is 0 Å². The zero-order valence-corrected chi connectivity index (χ0v) is 13.2. The standard InChI is InChI=1S/C19H19NO3/c1-12-9-16(17(13-4-5-13)11-18(12)20(21)22)14-6-7-19-15(10-14)3-2-8-23-19/h6-7,9-11,13H,2-5,8H2,1H3. The lowest BCUT2D eigenvalue weighted by Crippen LogP contribution is -2.08. The van der Waals surface area contributed by atoms with Crippen molar-refractivity contribution >= 4 is 5.69 Å². The fraction of sp³-hybridized carbons (Fsp3) is 0.368. The average molecular weight is 309 g/mol. The van der Waals surface area contributed by atoms with Crippen LogP contribution in [0.15, 0.2) is 30.3 Å². The summed E-state index contributed by atoms with van der Waals surface area (Å²) < 4.78 is 5.69. The number of nitrogens with zero attached hydrogens (tertiary/aromatic N) is 1. The van der Waals surface area contributed by atoms with Gasteiger partial charge in [0.25, 0.3) is 5.69 Å². The smallest absolute Gasteiger partial charge is 0.272 e. The van der Waals surface area contributed by atoms with Crippen molar-refractivity contribution in [1.82, 2.24) is 0 Å². The van der Waals surface area contributed by atoms with Crippen LogP contribution in [0.4, 0.5) is 5.69 Å². The molecule has 2 aromatic carbocycles. The Bertz CT molecular complexity index is 793. The van der Waals surface area contributed by atoms with E-state index in [1.165, 1.54) is 5.56 Å². The molecule has 0 spiro atoms. The van der Waals surface area contributed by atoms with Gasteiger partial charge in [0.05, 0.1) is 11.5 Å². The zero-order chi connectivity index (χ0) is 16.0. The maximum absolute atomic E-state index is 11.2. The normalized spacial score (nSPS) is 16.6. The van der Waals surface area contributed by atoms with E-state index in [1.807, 2.05) is 19.1 Å². The van der Waals surface area contributed by atoms with Crippen LogP contribution in [0.1, 0.15) is 41.9 Å². The number of nitro benzene ring substituents is 1. The molecule has 1 aliphatic heterocycles. The highest BCUT2D eigenvalue weighted by Crippen LogP contribution is 2.47. The van der Waals surface area contributed by atoms with E-state index in [-0.39, 0.29) is 10.6 Å². The van der Waals surface area contributed by atoms with Crippen LogP contribution in [0.25, 0.3) is 11.1 Å². The molecule has 4 nitrogen and oxygen atoms in total. The van der Waals surface area contributed by atoms with Crippen molar-refractivity contribution in [3.63, 3.8) is 0 Å². The van der Waals surface area contributed by atoms with E-state index in [1.54, 1.807) is 6.07 Å². The summed E-state index contributed by atoms with van der Waals surface area (Å²) in [6.45, 7) is 2.61. The SMILES string of the molecule is Cc1cc(-c2ccc3c(c2)CCCO3)c(C2CC2)cc1[N+](=O)[O-]. The Labute approximate surface area is 135 Å². The first-order valence-corrected chi connectivity index (χ1v) is 8.18. The second kappa shape index (κ2) is 5.37. The molecule has 1 aliphatic carbocycles. The summed E-state index contributed by atoms with van der Waals surface area (Å²) in [5.41, 5.74) is 5.61. The van der Waals surface area contributed by atoms with Crippen molar-refractivity contribution < 1.29 is 9.66 Å². The van der Waals surface area contributed by atoms with Gasteiger partial charge in [0, 0.05) is 11.6 Å². The summed E-state index contributed by atoms with van der Waals surface area (Å²) in [7, 11) is 0. The van der Waals surface area contributed by atoms with E-state index in [0.29, 0.717) is 5.92 Å². The molecule has 4 heteroatoms. The van der Waals surface area contributed by atoms with Gasteiger partial charge in [-0.15, -0.1) is 0 Å². The van der Waals surface area contributed by atoms with Crippen LogP contribution >= 0.6 is 0 Å². The molecule has 118 valence electrons. The van der Waals surface area contributed by atoms with Crippen molar-refractivity contribution in [3.05, 3.63) is 57.1 Å². The highest BCUT2D eigenvalue weighted by atomic mass is 16.6. The Morgan fingerprint density at radius 2 is 2.04 bits per heavy atom. The van der Waals surface area contributed by atoms with Crippen LogP contribution in [0.5, 0.6) is 5.75 Å². The lowest BCUT2D eigenvalue weighted by Gasteiger charge is -2.19. The quantitative estimate of drug-likeness (QED) is 0.606. The molecule has 0 bridgehead atoms. The minimum Gasteiger partial charge on any atom is -0.493 e. The van der Waals surface area contributed by atoms with Gasteiger partial charge in [0.2, 0.25) is 0 Å². The van der Waals surface area contributed by atoms with Gasteiger partial charge in [-0.3, -0.25) is 10.1 Å². The van der Waals surface area contributed by atoms with E-state index < -0.39 is 0 Å². The number of hydrogen-bond acceptors (Lipinski definition) is 3. The van der Waals surface area contributed by atoms with Crippen molar-refractivity contribution in [1.29, 1.82) is 0 Å². The maximum atomic E-state index is 11.2. The topological polar surface area (TPSA) is 52.4 Å². The Morgan fingerprint density at radius 3 is 2.78 bits per heavy atom. The van der Waals surface area contributed by atoms with Gasteiger partial charge in [-0.1, -0.05) is 6.07 Å². The summed E-state index contributed by atoms with van der Waals surface area (Å²) in [5, 5.41) is 11.2. The Hall–Kier alpha value is -2.36. The van der Waals surface area contributed by atoms with Crippen molar-refractivity contribution in [2.75, 3.05) is 6.61 Å². The Kier molecular flexibility index (Phi) is 3.33. The molecule has 4 rings (SSSR count). The molecule has 0 atom stereocenters. The number of hydrogen-bond donors (Lipinski definition) is 0. The Morgan fingerprint density at radius 1 is 1.22 bits per heavy atom. The molecule has 1 fully saturated rings. The summed E-state index contributed by atoms with van der Waals surface area (Å²) >= 11 is 0. The first-order valence-electron chi connectivity index (χ1n) is 8.18. The van der Waals surface area contributed by atoms with E-state index in [9.17, 15) is 10.1 Å². The summed E-state index contributed by atoms with van der Waals surface area (Å²) in [6.07, 6.45) is 4.33. The first-order chi connectivity index (χ1) is 11.1. The van der Waals surface area contributed by atoms with Crippen molar-refractivity contribution in [3.8, 4) is 16.9 Å². The molecule has 0 N–H and O–H groups in total. The molecule has 0 aromatic heterocycles. The second-order valence-corrected chi connectivity index (χ2v) is 6.53. The summed E-state index contributed by atoms with van der Waals surface area (Å²) in [4.78, 5) is 11.0. The number of fused-ring (bicyclic) bond motifs is 1. The van der Waals surface area contributed by atoms with E-state index >= 15 is 0 Å². The van der Waals surface area contributed by atoms with Crippen LogP contribution in [0.3, 0.4) is 0 Å². The minimum absolute atomic E-state index is 0.233. The van der Waals surface area contributed by atoms with Gasteiger partial charge in [0.1, 0.15) is 5.75 Å². The monoisotopic (exact) mass is 309 g/mol. The third-order valence-corrected chi connectivity index (χ3v) is 4.80. The summed E-state index contributed by atoms with van der Waals surface area (Å²) in [5.74, 6) is 1.45. The predicted molar refractivity (Wildman–Crippen MR) is 89.1 cm³/mol. The molecule has 23 heavy (non-hydrogen) atoms. The van der Waals surface area contributed by atoms with Gasteiger partial charge in [-0.2, -0.15) is 0 Å². The largest absolute Gasteiger partial charge is 0.493 e. The molecule has 1 saturated carbocycles. The highest BCUT2D eigenvalue weighted by Gasteiger charge is 2.29. The van der Waals surface area contributed by atoms with E-state index in [0.717, 1.165) is 60.3 Å². The molecule has 2 aliphatic rings. The number of ether oxygens (including phenoxy) is 1. The molecule has 0 unspecified atom stereocenters. The van der Waals surface area contributed by atoms with Gasteiger partial charge < -0.3 is 4.74 Å². The molecular weight excluding hydrogens is 290 g/mol. The second-order valence-electron chi connectivity index (χ2n) is 6.53. The minimum atomic E-state index is -0.272. The van der Waals surface area contributed by atoms with Gasteiger partial charge in [-0.05, 0) is 79.0 Å². The predicted octanol–water partition coefficient (Wildman–Crippen LogP) is 4.77. The van der Waals surface area contributed by atoms with Crippen LogP contribution in [-0.4, -0.2) is 11.5 Å². The molecule has 0 saturated heterocycles. The third-order valence-electron chi connectivity index (χ3n) is 4.80. The van der Waals surface area contributed by atoms with Gasteiger partial charge in [-0.25, -0.2) is 0 Å². The van der Waals surface area contributed by atoms with Crippen molar-refractivity contribution in [2.45, 2.75) is 38.5 Å².